The maximum atomic E-state index is 10.9. The van der Waals surface area contributed by atoms with Gasteiger partial charge in [0.1, 0.15) is 0 Å². The van der Waals surface area contributed by atoms with Gasteiger partial charge in [0.2, 0.25) is 0 Å². The second-order valence-corrected chi connectivity index (χ2v) is 9.47. The Morgan fingerprint density at radius 3 is 1.78 bits per heavy atom. The molecule has 2 fully saturated rings. The first-order valence-corrected chi connectivity index (χ1v) is 10.7. The third-order valence-electron chi connectivity index (χ3n) is 7.75. The van der Waals surface area contributed by atoms with Gasteiger partial charge in [0.25, 0.3) is 11.4 Å². The molecule has 0 aliphatic heterocycles. The molecule has 0 unspecified atom stereocenters. The minimum Gasteiger partial charge on any atom is -0.287 e. The lowest BCUT2D eigenvalue weighted by molar-refractivity contribution is -0.385. The van der Waals surface area contributed by atoms with Gasteiger partial charge < -0.3 is 0 Å². The number of hydrogen-bond donors (Lipinski definition) is 0. The molecule has 8 nitrogen and oxygen atoms in total. The van der Waals surface area contributed by atoms with Gasteiger partial charge in [0.15, 0.2) is 0 Å². The summed E-state index contributed by atoms with van der Waals surface area (Å²) in [6, 6.07) is 12.8. The van der Waals surface area contributed by atoms with Gasteiger partial charge in [-0.05, 0) is 65.0 Å². The average Bonchev–Trinajstić information content (AvgIpc) is 3.09. The number of nitro benzene ring substituents is 2. The number of fused-ring (bicyclic) bond motifs is 2. The Morgan fingerprint density at radius 2 is 1.31 bits per heavy atom. The van der Waals surface area contributed by atoms with Crippen molar-refractivity contribution in [2.45, 2.75) is 45.7 Å². The predicted octanol–water partition coefficient (Wildman–Crippen LogP) is 5.23. The average molecular weight is 434 g/mol. The van der Waals surface area contributed by atoms with E-state index in [0.717, 1.165) is 24.0 Å². The summed E-state index contributed by atoms with van der Waals surface area (Å²) in [5, 5.41) is 21.8. The molecular formula is C24H26N4O4. The molecule has 0 amide bonds. The minimum absolute atomic E-state index is 0.00752. The summed E-state index contributed by atoms with van der Waals surface area (Å²) in [6.07, 6.45) is 5.76. The summed E-state index contributed by atoms with van der Waals surface area (Å²) < 4.78 is 0. The lowest BCUT2D eigenvalue weighted by atomic mass is 9.69. The predicted molar refractivity (Wildman–Crippen MR) is 124 cm³/mol. The van der Waals surface area contributed by atoms with E-state index < -0.39 is 9.85 Å². The van der Waals surface area contributed by atoms with Crippen molar-refractivity contribution in [1.82, 2.24) is 0 Å². The van der Waals surface area contributed by atoms with Crippen molar-refractivity contribution in [2.24, 2.45) is 26.7 Å². The first-order valence-electron chi connectivity index (χ1n) is 10.7. The number of benzene rings is 2. The van der Waals surface area contributed by atoms with Gasteiger partial charge >= 0.3 is 0 Å². The summed E-state index contributed by atoms with van der Waals surface area (Å²) in [5.74, 6) is 0.390. The largest absolute Gasteiger partial charge is 0.287 e. The van der Waals surface area contributed by atoms with Crippen molar-refractivity contribution >= 4 is 23.8 Å². The zero-order chi connectivity index (χ0) is 23.1. The maximum absolute atomic E-state index is 10.9. The molecule has 0 radical (unpaired) electrons. The zero-order valence-corrected chi connectivity index (χ0v) is 18.3. The summed E-state index contributed by atoms with van der Waals surface area (Å²) in [7, 11) is 0. The van der Waals surface area contributed by atoms with Crippen LogP contribution in [0.2, 0.25) is 0 Å². The quantitative estimate of drug-likeness (QED) is 0.352. The topological polar surface area (TPSA) is 111 Å². The molecule has 0 saturated heterocycles. The molecule has 8 heteroatoms. The van der Waals surface area contributed by atoms with Crippen LogP contribution in [0.25, 0.3) is 0 Å². The highest BCUT2D eigenvalue weighted by atomic mass is 16.6. The highest BCUT2D eigenvalue weighted by molar-refractivity contribution is 5.81. The minimum atomic E-state index is -0.414. The van der Waals surface area contributed by atoms with Crippen molar-refractivity contribution in [2.75, 3.05) is 0 Å². The van der Waals surface area contributed by atoms with E-state index in [-0.39, 0.29) is 34.3 Å². The van der Waals surface area contributed by atoms with E-state index >= 15 is 0 Å². The van der Waals surface area contributed by atoms with E-state index in [9.17, 15) is 20.2 Å². The van der Waals surface area contributed by atoms with Gasteiger partial charge in [-0.1, -0.05) is 20.8 Å². The van der Waals surface area contributed by atoms with Crippen LogP contribution in [0.4, 0.5) is 11.4 Å². The van der Waals surface area contributed by atoms with Crippen LogP contribution in [0, 0.1) is 37.0 Å². The molecule has 0 N–H and O–H groups in total. The van der Waals surface area contributed by atoms with Crippen molar-refractivity contribution in [3.8, 4) is 0 Å². The number of hydrogen-bond acceptors (Lipinski definition) is 6. The van der Waals surface area contributed by atoms with Crippen LogP contribution < -0.4 is 0 Å². The zero-order valence-electron chi connectivity index (χ0n) is 18.3. The Hall–Kier alpha value is -3.42. The second-order valence-electron chi connectivity index (χ2n) is 9.47. The molecule has 2 aromatic carbocycles. The molecule has 2 saturated carbocycles. The van der Waals surface area contributed by atoms with Crippen molar-refractivity contribution < 1.29 is 9.85 Å². The summed E-state index contributed by atoms with van der Waals surface area (Å²) >= 11 is 0. The normalized spacial score (nSPS) is 28.5. The molecule has 32 heavy (non-hydrogen) atoms. The van der Waals surface area contributed by atoms with Crippen LogP contribution in [0.15, 0.2) is 58.5 Å². The smallest absolute Gasteiger partial charge is 0.269 e. The van der Waals surface area contributed by atoms with E-state index in [1.54, 1.807) is 36.7 Å². The Bertz CT molecular complexity index is 1090. The lowest BCUT2D eigenvalue weighted by Gasteiger charge is -2.37. The van der Waals surface area contributed by atoms with E-state index in [0.29, 0.717) is 5.92 Å². The van der Waals surface area contributed by atoms with Crippen LogP contribution in [-0.4, -0.2) is 34.4 Å². The second kappa shape index (κ2) is 7.93. The molecular weight excluding hydrogens is 408 g/mol. The maximum Gasteiger partial charge on any atom is 0.269 e. The fourth-order valence-electron chi connectivity index (χ4n) is 5.43. The summed E-state index contributed by atoms with van der Waals surface area (Å²) in [4.78, 5) is 30.8. The molecule has 4 rings (SSSR count). The monoisotopic (exact) mass is 434 g/mol. The number of nitro groups is 2. The molecule has 2 bridgehead atoms. The van der Waals surface area contributed by atoms with E-state index in [2.05, 4.69) is 20.8 Å². The van der Waals surface area contributed by atoms with Gasteiger partial charge in [0.05, 0.1) is 21.9 Å². The molecule has 2 aliphatic rings. The fraction of sp³-hybridized carbons (Fsp3) is 0.417. The molecule has 0 heterocycles. The van der Waals surface area contributed by atoms with Gasteiger partial charge in [-0.15, -0.1) is 0 Å². The third kappa shape index (κ3) is 3.59. The Balaban J connectivity index is 1.61. The van der Waals surface area contributed by atoms with Crippen LogP contribution in [0.5, 0.6) is 0 Å². The lowest BCUT2D eigenvalue weighted by Crippen LogP contribution is -2.38. The molecule has 2 aliphatic carbocycles. The highest BCUT2D eigenvalue weighted by Gasteiger charge is 2.66. The van der Waals surface area contributed by atoms with Crippen molar-refractivity contribution in [3.63, 3.8) is 0 Å². The first-order chi connectivity index (χ1) is 15.1. The molecule has 0 spiro atoms. The Morgan fingerprint density at radius 1 is 0.844 bits per heavy atom. The highest BCUT2D eigenvalue weighted by Crippen LogP contribution is 2.67. The van der Waals surface area contributed by atoms with Crippen LogP contribution in [-0.2, 0) is 0 Å². The fourth-order valence-corrected chi connectivity index (χ4v) is 5.43. The van der Waals surface area contributed by atoms with Crippen LogP contribution >= 0.6 is 0 Å². The first kappa shape index (κ1) is 21.8. The summed E-state index contributed by atoms with van der Waals surface area (Å²) in [6.45, 7) is 6.87. The molecule has 4 atom stereocenters. The number of nitrogens with zero attached hydrogens (tertiary/aromatic N) is 4. The van der Waals surface area contributed by atoms with Crippen molar-refractivity contribution in [3.05, 3.63) is 79.9 Å². The summed E-state index contributed by atoms with van der Waals surface area (Å²) in [5.41, 5.74) is 1.81. The molecule has 0 aromatic heterocycles. The van der Waals surface area contributed by atoms with E-state index in [1.165, 1.54) is 24.3 Å². The number of rotatable bonds is 6. The van der Waals surface area contributed by atoms with Gasteiger partial charge in [-0.3, -0.25) is 30.2 Å². The Labute approximate surface area is 186 Å². The van der Waals surface area contributed by atoms with E-state index in [1.807, 2.05) is 0 Å². The van der Waals surface area contributed by atoms with Crippen LogP contribution in [0.3, 0.4) is 0 Å². The Kier molecular flexibility index (Phi) is 5.40. The number of aliphatic imine (C=N–C) groups is 2. The van der Waals surface area contributed by atoms with E-state index in [4.69, 9.17) is 9.98 Å². The van der Waals surface area contributed by atoms with Crippen molar-refractivity contribution in [1.29, 1.82) is 0 Å². The van der Waals surface area contributed by atoms with Gasteiger partial charge in [-0.25, -0.2) is 0 Å². The molecule has 2 aromatic rings. The third-order valence-corrected chi connectivity index (χ3v) is 7.75. The standard InChI is InChI=1S/C24H26N4O4/c1-23(2)20-12-13-24(23,3)22(26-15-17-6-10-19(11-7-17)28(31)32)21(20)25-14-16-4-8-18(9-5-16)27(29)30/h4-11,14-15,20-22H,12-13H2,1-3H3/t20-,21+,22+,24-/m0/s1. The van der Waals surface area contributed by atoms with Gasteiger partial charge in [0, 0.05) is 36.7 Å². The van der Waals surface area contributed by atoms with Gasteiger partial charge in [-0.2, -0.15) is 0 Å². The number of non-ortho nitro benzene ring substituents is 2. The molecule has 166 valence electrons. The van der Waals surface area contributed by atoms with Crippen LogP contribution in [0.1, 0.15) is 44.7 Å². The SMILES string of the molecule is CC1(C)[C@H]2CC[C@@]1(C)[C@H](N=Cc1ccc([N+](=O)[O-])cc1)[C@@H]2N=Cc1ccc([N+](=O)[O-])cc1.